The molecule has 0 aliphatic carbocycles. The van der Waals surface area contributed by atoms with Gasteiger partial charge in [0.15, 0.2) is 0 Å². The summed E-state index contributed by atoms with van der Waals surface area (Å²) in [5.41, 5.74) is 1.91. The molecule has 2 atom stereocenters. The Labute approximate surface area is 133 Å². The van der Waals surface area contributed by atoms with Gasteiger partial charge < -0.3 is 0 Å². The summed E-state index contributed by atoms with van der Waals surface area (Å²) in [6.07, 6.45) is 2.17. The number of carbonyl (C=O) groups is 1. The molecule has 0 saturated carbocycles. The maximum atomic E-state index is 12.1. The van der Waals surface area contributed by atoms with Crippen molar-refractivity contribution in [3.05, 3.63) is 39.9 Å². The van der Waals surface area contributed by atoms with Crippen molar-refractivity contribution < 1.29 is 9.72 Å². The molecule has 1 amide bonds. The number of nitrogens with zero attached hydrogens (tertiary/aromatic N) is 4. The fraction of sp³-hybridized carbons (Fsp3) is 0.500. The van der Waals surface area contributed by atoms with Gasteiger partial charge in [-0.2, -0.15) is 5.10 Å². The van der Waals surface area contributed by atoms with Crippen LogP contribution < -0.4 is 0 Å². The van der Waals surface area contributed by atoms with E-state index in [-0.39, 0.29) is 23.7 Å². The Morgan fingerprint density at radius 1 is 1.30 bits per heavy atom. The number of hydrazone groups is 1. The second-order valence-electron chi connectivity index (χ2n) is 6.44. The first-order valence-electron chi connectivity index (χ1n) is 7.93. The molecule has 2 bridgehead atoms. The molecule has 3 saturated heterocycles. The van der Waals surface area contributed by atoms with Crippen molar-refractivity contribution in [2.24, 2.45) is 11.0 Å². The summed E-state index contributed by atoms with van der Waals surface area (Å²) in [6, 6.07) is 6.39. The van der Waals surface area contributed by atoms with Crippen molar-refractivity contribution in [1.82, 2.24) is 9.91 Å². The van der Waals surface area contributed by atoms with Gasteiger partial charge >= 0.3 is 0 Å². The van der Waals surface area contributed by atoms with Crippen LogP contribution in [0.5, 0.6) is 0 Å². The van der Waals surface area contributed by atoms with Crippen LogP contribution in [-0.2, 0) is 4.79 Å². The molecule has 7 nitrogen and oxygen atoms in total. The number of piperidine rings is 3. The molecule has 0 spiro atoms. The predicted molar refractivity (Wildman–Crippen MR) is 83.9 cm³/mol. The summed E-state index contributed by atoms with van der Waals surface area (Å²) in [5.74, 6) is 0.319. The van der Waals surface area contributed by atoms with Gasteiger partial charge in [0.25, 0.3) is 5.69 Å². The third-order valence-corrected chi connectivity index (χ3v) is 5.18. The second kappa shape index (κ2) is 5.13. The van der Waals surface area contributed by atoms with Crippen molar-refractivity contribution in [3.63, 3.8) is 0 Å². The van der Waals surface area contributed by atoms with Crippen LogP contribution in [0.2, 0.25) is 0 Å². The molecular weight excluding hydrogens is 296 g/mol. The highest BCUT2D eigenvalue weighted by Crippen LogP contribution is 2.43. The number of carbonyl (C=O) groups excluding carboxylic acids is 1. The Balaban J connectivity index is 1.78. The van der Waals surface area contributed by atoms with E-state index in [0.717, 1.165) is 37.2 Å². The molecule has 23 heavy (non-hydrogen) atoms. The van der Waals surface area contributed by atoms with Gasteiger partial charge in [-0.05, 0) is 31.5 Å². The summed E-state index contributed by atoms with van der Waals surface area (Å²) < 4.78 is 0. The fourth-order valence-corrected chi connectivity index (χ4v) is 4.14. The molecule has 4 aliphatic rings. The molecule has 1 aromatic carbocycles. The summed E-state index contributed by atoms with van der Waals surface area (Å²) in [6.45, 7) is 3.51. The zero-order chi connectivity index (χ0) is 16.1. The standard InChI is InChI=1S/C16H18N4O3/c1-10(21)19-15(12-3-2-4-13(9-12)20(22)23)16-14(17-19)11-5-7-18(16)8-6-11/h2-4,9,11,15-16H,5-8H2,1H3. The van der Waals surface area contributed by atoms with Gasteiger partial charge in [0.2, 0.25) is 5.91 Å². The second-order valence-corrected chi connectivity index (χ2v) is 6.44. The number of hydrogen-bond donors (Lipinski definition) is 0. The van der Waals surface area contributed by atoms with Gasteiger partial charge in [0.05, 0.1) is 16.7 Å². The molecule has 4 aliphatic heterocycles. The largest absolute Gasteiger partial charge is 0.293 e. The molecule has 1 aromatic rings. The van der Waals surface area contributed by atoms with E-state index >= 15 is 0 Å². The maximum absolute atomic E-state index is 12.1. The number of hydrogen-bond acceptors (Lipinski definition) is 5. The van der Waals surface area contributed by atoms with E-state index in [9.17, 15) is 14.9 Å². The van der Waals surface area contributed by atoms with Crippen molar-refractivity contribution in [1.29, 1.82) is 0 Å². The van der Waals surface area contributed by atoms with E-state index in [1.807, 2.05) is 6.07 Å². The van der Waals surface area contributed by atoms with Crippen molar-refractivity contribution >= 4 is 17.3 Å². The van der Waals surface area contributed by atoms with Gasteiger partial charge in [-0.1, -0.05) is 12.1 Å². The quantitative estimate of drug-likeness (QED) is 0.617. The molecule has 7 heteroatoms. The normalized spacial score (nSPS) is 31.7. The van der Waals surface area contributed by atoms with Gasteiger partial charge in [-0.25, -0.2) is 5.01 Å². The third kappa shape index (κ3) is 2.15. The van der Waals surface area contributed by atoms with Crippen LogP contribution in [0.25, 0.3) is 0 Å². The number of benzene rings is 1. The Morgan fingerprint density at radius 2 is 2.04 bits per heavy atom. The van der Waals surface area contributed by atoms with E-state index in [4.69, 9.17) is 0 Å². The van der Waals surface area contributed by atoms with Gasteiger partial charge in [0.1, 0.15) is 6.04 Å². The Kier molecular flexibility index (Phi) is 3.19. The average Bonchev–Trinajstić information content (AvgIpc) is 2.99. The third-order valence-electron chi connectivity index (χ3n) is 5.18. The molecule has 3 fully saturated rings. The highest BCUT2D eigenvalue weighted by atomic mass is 16.6. The minimum absolute atomic E-state index is 0.0513. The van der Waals surface area contributed by atoms with E-state index in [0.29, 0.717) is 5.92 Å². The van der Waals surface area contributed by atoms with Crippen molar-refractivity contribution in [2.75, 3.05) is 13.1 Å². The zero-order valence-electron chi connectivity index (χ0n) is 12.9. The van der Waals surface area contributed by atoms with Crippen LogP contribution >= 0.6 is 0 Å². The van der Waals surface area contributed by atoms with Crippen LogP contribution in [0.1, 0.15) is 31.4 Å². The molecule has 0 radical (unpaired) electrons. The lowest BCUT2D eigenvalue weighted by Gasteiger charge is -2.45. The van der Waals surface area contributed by atoms with Gasteiger partial charge in [0, 0.05) is 25.0 Å². The van der Waals surface area contributed by atoms with E-state index in [2.05, 4.69) is 10.0 Å². The maximum Gasteiger partial charge on any atom is 0.269 e. The highest BCUT2D eigenvalue weighted by molar-refractivity contribution is 5.97. The lowest BCUT2D eigenvalue weighted by molar-refractivity contribution is -0.385. The molecule has 120 valence electrons. The highest BCUT2D eigenvalue weighted by Gasteiger charge is 2.50. The van der Waals surface area contributed by atoms with Crippen LogP contribution in [0, 0.1) is 16.0 Å². The molecular formula is C16H18N4O3. The lowest BCUT2D eigenvalue weighted by Crippen LogP contribution is -2.56. The van der Waals surface area contributed by atoms with Crippen molar-refractivity contribution in [2.45, 2.75) is 31.8 Å². The summed E-state index contributed by atoms with van der Waals surface area (Å²) in [7, 11) is 0. The molecule has 0 aromatic heterocycles. The van der Waals surface area contributed by atoms with Crippen LogP contribution in [0.4, 0.5) is 5.69 Å². The first-order valence-corrected chi connectivity index (χ1v) is 7.93. The van der Waals surface area contributed by atoms with Gasteiger partial charge in [-0.3, -0.25) is 19.8 Å². The minimum atomic E-state index is -0.397. The minimum Gasteiger partial charge on any atom is -0.293 e. The van der Waals surface area contributed by atoms with E-state index < -0.39 is 4.92 Å². The summed E-state index contributed by atoms with van der Waals surface area (Å²) in [4.78, 5) is 25.1. The Morgan fingerprint density at radius 3 is 2.70 bits per heavy atom. The SMILES string of the molecule is CC(=O)N1N=C2C3CCN(CC3)C2C1c1cccc([N+](=O)[O-])c1. The number of nitro benzene ring substituents is 1. The molecule has 2 unspecified atom stereocenters. The van der Waals surface area contributed by atoms with Crippen LogP contribution in [-0.4, -0.2) is 45.6 Å². The van der Waals surface area contributed by atoms with E-state index in [1.54, 1.807) is 12.1 Å². The summed E-state index contributed by atoms with van der Waals surface area (Å²) >= 11 is 0. The number of amides is 1. The molecule has 0 N–H and O–H groups in total. The first-order chi connectivity index (χ1) is 11.1. The number of nitro groups is 1. The first kappa shape index (κ1) is 14.3. The Hall–Kier alpha value is -2.28. The number of non-ortho nitro benzene ring substituents is 1. The monoisotopic (exact) mass is 314 g/mol. The van der Waals surface area contributed by atoms with Crippen molar-refractivity contribution in [3.8, 4) is 0 Å². The van der Waals surface area contributed by atoms with Crippen LogP contribution in [0.3, 0.4) is 0 Å². The zero-order valence-corrected chi connectivity index (χ0v) is 12.9. The van der Waals surface area contributed by atoms with E-state index in [1.165, 1.54) is 18.0 Å². The molecule has 4 heterocycles. The summed E-state index contributed by atoms with van der Waals surface area (Å²) in [5, 5.41) is 17.2. The number of rotatable bonds is 2. The predicted octanol–water partition coefficient (Wildman–Crippen LogP) is 1.95. The Bertz CT molecular complexity index is 709. The smallest absolute Gasteiger partial charge is 0.269 e. The number of fused-ring (bicyclic) bond motifs is 2. The average molecular weight is 314 g/mol. The van der Waals surface area contributed by atoms with Crippen LogP contribution in [0.15, 0.2) is 29.4 Å². The lowest BCUT2D eigenvalue weighted by atomic mass is 9.78. The molecule has 5 rings (SSSR count). The fourth-order valence-electron chi connectivity index (χ4n) is 4.14. The van der Waals surface area contributed by atoms with Gasteiger partial charge in [-0.15, -0.1) is 0 Å². The topological polar surface area (TPSA) is 79.0 Å².